The Bertz CT molecular complexity index is 731. The van der Waals surface area contributed by atoms with Gasteiger partial charge in [-0.2, -0.15) is 0 Å². The second-order valence-corrected chi connectivity index (χ2v) is 8.31. The number of nitrogens with zero attached hydrogens (tertiary/aromatic N) is 2. The van der Waals surface area contributed by atoms with Gasteiger partial charge in [0.25, 0.3) is 0 Å². The summed E-state index contributed by atoms with van der Waals surface area (Å²) in [6, 6.07) is 8.30. The van der Waals surface area contributed by atoms with Crippen LogP contribution in [-0.4, -0.2) is 54.7 Å². The number of piperidine rings is 1. The second kappa shape index (κ2) is 8.12. The summed E-state index contributed by atoms with van der Waals surface area (Å²) >= 11 is 0. The Kier molecular flexibility index (Phi) is 5.82. The molecule has 1 atom stereocenters. The van der Waals surface area contributed by atoms with E-state index in [-0.39, 0.29) is 18.0 Å². The fourth-order valence-electron chi connectivity index (χ4n) is 3.38. The molecule has 2 heterocycles. The van der Waals surface area contributed by atoms with Crippen molar-refractivity contribution in [2.45, 2.75) is 45.3 Å². The minimum Gasteiger partial charge on any atom is -0.444 e. The first-order valence-electron chi connectivity index (χ1n) is 9.79. The van der Waals surface area contributed by atoms with Gasteiger partial charge in [0.05, 0.1) is 6.04 Å². The van der Waals surface area contributed by atoms with E-state index in [0.29, 0.717) is 19.5 Å². The Morgan fingerprint density at radius 1 is 1.18 bits per heavy atom. The highest BCUT2D eigenvalue weighted by Gasteiger charge is 2.26. The highest BCUT2D eigenvalue weighted by atomic mass is 16.6. The first-order chi connectivity index (χ1) is 13.2. The van der Waals surface area contributed by atoms with Crippen molar-refractivity contribution >= 4 is 23.4 Å². The molecule has 2 saturated heterocycles. The number of carbonyl (C=O) groups excluding carboxylic acids is 2. The van der Waals surface area contributed by atoms with Crippen LogP contribution in [0.5, 0.6) is 0 Å². The van der Waals surface area contributed by atoms with E-state index in [9.17, 15) is 9.59 Å². The Labute approximate surface area is 166 Å². The van der Waals surface area contributed by atoms with Gasteiger partial charge < -0.3 is 25.2 Å². The predicted octanol–water partition coefficient (Wildman–Crippen LogP) is 2.95. The molecule has 0 aliphatic carbocycles. The SMILES string of the molecule is C=C1NC(=O)CCC1Nc1ccc(N2CCN(C(=O)OC(C)(C)C)CC2)cc1. The number of amides is 2. The fourth-order valence-corrected chi connectivity index (χ4v) is 3.38. The van der Waals surface area contributed by atoms with Gasteiger partial charge in [-0.3, -0.25) is 4.79 Å². The van der Waals surface area contributed by atoms with Crippen LogP contribution in [0.4, 0.5) is 16.2 Å². The van der Waals surface area contributed by atoms with E-state index in [2.05, 4.69) is 34.2 Å². The van der Waals surface area contributed by atoms with E-state index in [0.717, 1.165) is 36.6 Å². The lowest BCUT2D eigenvalue weighted by Gasteiger charge is -2.36. The maximum atomic E-state index is 12.2. The van der Waals surface area contributed by atoms with Gasteiger partial charge >= 0.3 is 6.09 Å². The van der Waals surface area contributed by atoms with Crippen molar-refractivity contribution in [2.75, 3.05) is 36.4 Å². The third-order valence-corrected chi connectivity index (χ3v) is 4.89. The first kappa shape index (κ1) is 20.0. The van der Waals surface area contributed by atoms with Crippen molar-refractivity contribution in [3.8, 4) is 0 Å². The molecule has 3 rings (SSSR count). The maximum absolute atomic E-state index is 12.2. The minimum absolute atomic E-state index is 0.0314. The number of nitrogens with one attached hydrogen (secondary N) is 2. The number of anilines is 2. The molecule has 2 N–H and O–H groups in total. The van der Waals surface area contributed by atoms with Gasteiger partial charge in [0, 0.05) is 49.7 Å². The zero-order valence-electron chi connectivity index (χ0n) is 17.0. The molecule has 7 nitrogen and oxygen atoms in total. The van der Waals surface area contributed by atoms with Gasteiger partial charge in [-0.25, -0.2) is 4.79 Å². The van der Waals surface area contributed by atoms with Crippen molar-refractivity contribution < 1.29 is 14.3 Å². The lowest BCUT2D eigenvalue weighted by Crippen LogP contribution is -2.50. The molecule has 1 aromatic rings. The summed E-state index contributed by atoms with van der Waals surface area (Å²) in [5, 5.41) is 6.22. The number of rotatable bonds is 3. The molecule has 0 radical (unpaired) electrons. The lowest BCUT2D eigenvalue weighted by atomic mass is 10.0. The average molecular weight is 386 g/mol. The van der Waals surface area contributed by atoms with Crippen LogP contribution >= 0.6 is 0 Å². The summed E-state index contributed by atoms with van der Waals surface area (Å²) in [4.78, 5) is 27.6. The summed E-state index contributed by atoms with van der Waals surface area (Å²) in [6.07, 6.45) is 1.02. The molecular weight excluding hydrogens is 356 g/mol. The summed E-state index contributed by atoms with van der Waals surface area (Å²) in [5.74, 6) is 0.0314. The molecule has 0 saturated carbocycles. The lowest BCUT2D eigenvalue weighted by molar-refractivity contribution is -0.121. The van der Waals surface area contributed by atoms with Crippen LogP contribution in [0.25, 0.3) is 0 Å². The van der Waals surface area contributed by atoms with E-state index < -0.39 is 5.60 Å². The zero-order chi connectivity index (χ0) is 20.3. The average Bonchev–Trinajstić information content (AvgIpc) is 2.63. The van der Waals surface area contributed by atoms with E-state index in [1.165, 1.54) is 0 Å². The third-order valence-electron chi connectivity index (χ3n) is 4.89. The molecule has 2 amide bonds. The molecular formula is C21H30N4O3. The molecule has 1 unspecified atom stereocenters. The van der Waals surface area contributed by atoms with Gasteiger partial charge in [-0.15, -0.1) is 0 Å². The van der Waals surface area contributed by atoms with Gasteiger partial charge in [0.2, 0.25) is 5.91 Å². The molecule has 2 aliphatic heterocycles. The predicted molar refractivity (Wildman–Crippen MR) is 110 cm³/mol. The quantitative estimate of drug-likeness (QED) is 0.836. The molecule has 0 aromatic heterocycles. The van der Waals surface area contributed by atoms with Crippen LogP contribution in [0.1, 0.15) is 33.6 Å². The van der Waals surface area contributed by atoms with Crippen molar-refractivity contribution in [3.63, 3.8) is 0 Å². The third kappa shape index (κ3) is 5.18. The van der Waals surface area contributed by atoms with Crippen molar-refractivity contribution in [2.24, 2.45) is 0 Å². The van der Waals surface area contributed by atoms with Crippen LogP contribution in [0, 0.1) is 0 Å². The first-order valence-corrected chi connectivity index (χ1v) is 9.79. The van der Waals surface area contributed by atoms with E-state index in [1.54, 1.807) is 4.90 Å². The monoisotopic (exact) mass is 386 g/mol. The molecule has 2 fully saturated rings. The van der Waals surface area contributed by atoms with Gasteiger partial charge in [-0.05, 0) is 51.5 Å². The topological polar surface area (TPSA) is 73.9 Å². The molecule has 1 aromatic carbocycles. The van der Waals surface area contributed by atoms with Crippen molar-refractivity contribution in [1.82, 2.24) is 10.2 Å². The highest BCUT2D eigenvalue weighted by Crippen LogP contribution is 2.23. The number of piperazine rings is 1. The Balaban J connectivity index is 1.51. The number of hydrogen-bond acceptors (Lipinski definition) is 5. The fraction of sp³-hybridized carbons (Fsp3) is 0.524. The summed E-state index contributed by atoms with van der Waals surface area (Å²) in [5.41, 5.74) is 2.38. The van der Waals surface area contributed by atoms with Crippen molar-refractivity contribution in [3.05, 3.63) is 36.5 Å². The molecule has 2 aliphatic rings. The number of ether oxygens (including phenoxy) is 1. The highest BCUT2D eigenvalue weighted by molar-refractivity contribution is 5.79. The molecule has 7 heteroatoms. The summed E-state index contributed by atoms with van der Waals surface area (Å²) in [6.45, 7) is 12.4. The smallest absolute Gasteiger partial charge is 0.410 e. The van der Waals surface area contributed by atoms with Crippen LogP contribution < -0.4 is 15.5 Å². The van der Waals surface area contributed by atoms with Gasteiger partial charge in [0.15, 0.2) is 0 Å². The second-order valence-electron chi connectivity index (χ2n) is 8.31. The Hall–Kier alpha value is -2.70. The van der Waals surface area contributed by atoms with Gasteiger partial charge in [-0.1, -0.05) is 6.58 Å². The minimum atomic E-state index is -0.469. The molecule has 0 spiro atoms. The van der Waals surface area contributed by atoms with Crippen LogP contribution in [-0.2, 0) is 9.53 Å². The van der Waals surface area contributed by atoms with E-state index >= 15 is 0 Å². The number of hydrogen-bond donors (Lipinski definition) is 2. The maximum Gasteiger partial charge on any atom is 0.410 e. The normalized spacial score (nSPS) is 20.6. The van der Waals surface area contributed by atoms with Gasteiger partial charge in [0.1, 0.15) is 5.60 Å². The van der Waals surface area contributed by atoms with Crippen LogP contribution in [0.15, 0.2) is 36.5 Å². The molecule has 28 heavy (non-hydrogen) atoms. The van der Waals surface area contributed by atoms with E-state index in [4.69, 9.17) is 4.74 Å². The zero-order valence-corrected chi connectivity index (χ0v) is 17.0. The van der Waals surface area contributed by atoms with E-state index in [1.807, 2.05) is 32.9 Å². The molecule has 0 bridgehead atoms. The molecule has 152 valence electrons. The summed E-state index contributed by atoms with van der Waals surface area (Å²) < 4.78 is 5.45. The summed E-state index contributed by atoms with van der Waals surface area (Å²) in [7, 11) is 0. The standard InChI is InChI=1S/C21H30N4O3/c1-15-18(9-10-19(26)22-15)23-16-5-7-17(8-6-16)24-11-13-25(14-12-24)20(27)28-21(2,3)4/h5-8,18,23H,1,9-14H2,2-4H3,(H,22,26). The van der Waals surface area contributed by atoms with Crippen LogP contribution in [0.3, 0.4) is 0 Å². The van der Waals surface area contributed by atoms with Crippen molar-refractivity contribution in [1.29, 1.82) is 0 Å². The Morgan fingerprint density at radius 3 is 2.39 bits per heavy atom. The largest absolute Gasteiger partial charge is 0.444 e. The van der Waals surface area contributed by atoms with Crippen LogP contribution in [0.2, 0.25) is 0 Å². The number of benzene rings is 1. The Morgan fingerprint density at radius 2 is 1.82 bits per heavy atom. The number of carbonyl (C=O) groups is 2.